The van der Waals surface area contributed by atoms with E-state index in [1.165, 1.54) is 31.4 Å². The first-order valence-corrected chi connectivity index (χ1v) is 8.03. The minimum atomic E-state index is -1.04. The summed E-state index contributed by atoms with van der Waals surface area (Å²) in [5, 5.41) is 11.8. The van der Waals surface area contributed by atoms with E-state index in [0.29, 0.717) is 17.9 Å². The summed E-state index contributed by atoms with van der Waals surface area (Å²) < 4.78 is 23.8. The van der Waals surface area contributed by atoms with Crippen LogP contribution in [0.1, 0.15) is 22.3 Å². The Kier molecular flexibility index (Phi) is 7.11. The highest BCUT2D eigenvalue weighted by Crippen LogP contribution is 2.25. The minimum Gasteiger partial charge on any atom is -0.489 e. The number of carboxylic acid groups (broad SMARTS) is 1. The molecule has 0 aliphatic rings. The second kappa shape index (κ2) is 9.53. The third-order valence-electron chi connectivity index (χ3n) is 3.63. The van der Waals surface area contributed by atoms with Gasteiger partial charge in [0.1, 0.15) is 18.2 Å². The van der Waals surface area contributed by atoms with Gasteiger partial charge in [0.25, 0.3) is 0 Å². The van der Waals surface area contributed by atoms with Crippen LogP contribution in [0.2, 0.25) is 0 Å². The minimum absolute atomic E-state index is 0.0539. The van der Waals surface area contributed by atoms with E-state index in [9.17, 15) is 14.0 Å². The number of hydrogen-bond acceptors (Lipinski definition) is 4. The molecule has 26 heavy (non-hydrogen) atoms. The van der Waals surface area contributed by atoms with Crippen molar-refractivity contribution in [3.63, 3.8) is 0 Å². The number of hydrogen-bond donors (Lipinski definition) is 2. The van der Waals surface area contributed by atoms with Crippen molar-refractivity contribution in [2.24, 2.45) is 0 Å². The van der Waals surface area contributed by atoms with Crippen molar-refractivity contribution in [3.05, 3.63) is 59.4 Å². The molecule has 0 heterocycles. The van der Waals surface area contributed by atoms with E-state index in [0.717, 1.165) is 0 Å². The topological polar surface area (TPSA) is 84.9 Å². The molecule has 0 bridgehead atoms. The number of aromatic carboxylic acids is 1. The van der Waals surface area contributed by atoms with Crippen LogP contribution in [0, 0.1) is 5.82 Å². The molecule has 2 aromatic rings. The zero-order valence-electron chi connectivity index (χ0n) is 14.3. The van der Waals surface area contributed by atoms with Gasteiger partial charge >= 0.3 is 5.97 Å². The zero-order chi connectivity index (χ0) is 18.9. The van der Waals surface area contributed by atoms with Gasteiger partial charge in [-0.25, -0.2) is 9.18 Å². The predicted octanol–water partition coefficient (Wildman–Crippen LogP) is 3.12. The SMILES string of the molecule is COCCOc1ccc(F)cc1NC(=O)CCc1ccccc1C(=O)O. The lowest BCUT2D eigenvalue weighted by Gasteiger charge is -2.13. The number of anilines is 1. The van der Waals surface area contributed by atoms with Gasteiger partial charge in [0.2, 0.25) is 5.91 Å². The van der Waals surface area contributed by atoms with E-state index >= 15 is 0 Å². The number of ether oxygens (including phenoxy) is 2. The zero-order valence-corrected chi connectivity index (χ0v) is 14.3. The fraction of sp³-hybridized carbons (Fsp3) is 0.263. The molecule has 0 unspecified atom stereocenters. The van der Waals surface area contributed by atoms with Crippen molar-refractivity contribution >= 4 is 17.6 Å². The highest BCUT2D eigenvalue weighted by Gasteiger charge is 2.13. The van der Waals surface area contributed by atoms with Crippen LogP contribution in [0.15, 0.2) is 42.5 Å². The van der Waals surface area contributed by atoms with Gasteiger partial charge in [0.05, 0.1) is 17.9 Å². The summed E-state index contributed by atoms with van der Waals surface area (Å²) in [5.74, 6) is -1.58. The molecule has 7 heteroatoms. The van der Waals surface area contributed by atoms with Gasteiger partial charge in [-0.3, -0.25) is 4.79 Å². The molecule has 138 valence electrons. The number of carbonyl (C=O) groups excluding carboxylic acids is 1. The van der Waals surface area contributed by atoms with E-state index in [4.69, 9.17) is 14.6 Å². The average molecular weight is 361 g/mol. The monoisotopic (exact) mass is 361 g/mol. The number of benzene rings is 2. The number of aryl methyl sites for hydroxylation is 1. The molecule has 0 aliphatic carbocycles. The van der Waals surface area contributed by atoms with Gasteiger partial charge in [-0.1, -0.05) is 18.2 Å². The number of amides is 1. The lowest BCUT2D eigenvalue weighted by molar-refractivity contribution is -0.116. The fourth-order valence-corrected chi connectivity index (χ4v) is 2.37. The first kappa shape index (κ1) is 19.4. The molecular formula is C19H20FNO5. The number of nitrogens with one attached hydrogen (secondary N) is 1. The third kappa shape index (κ3) is 5.56. The quantitative estimate of drug-likeness (QED) is 0.671. The van der Waals surface area contributed by atoms with E-state index in [2.05, 4.69) is 5.32 Å². The molecule has 1 amide bonds. The Morgan fingerprint density at radius 3 is 2.65 bits per heavy atom. The smallest absolute Gasteiger partial charge is 0.335 e. The Hall–Kier alpha value is -2.93. The van der Waals surface area contributed by atoms with Gasteiger partial charge < -0.3 is 19.9 Å². The van der Waals surface area contributed by atoms with Gasteiger partial charge in [0.15, 0.2) is 0 Å². The molecule has 0 radical (unpaired) electrons. The van der Waals surface area contributed by atoms with Crippen molar-refractivity contribution in [1.82, 2.24) is 0 Å². The Labute approximate surface area is 150 Å². The Balaban J connectivity index is 2.01. The fourth-order valence-electron chi connectivity index (χ4n) is 2.37. The number of rotatable bonds is 9. The van der Waals surface area contributed by atoms with Crippen molar-refractivity contribution in [2.75, 3.05) is 25.6 Å². The number of carboxylic acids is 1. The molecule has 2 aromatic carbocycles. The summed E-state index contributed by atoms with van der Waals surface area (Å²) in [4.78, 5) is 23.4. The molecule has 0 aromatic heterocycles. The van der Waals surface area contributed by atoms with Gasteiger partial charge in [-0.15, -0.1) is 0 Å². The molecule has 0 saturated carbocycles. The van der Waals surface area contributed by atoms with Gasteiger partial charge in [-0.2, -0.15) is 0 Å². The highest BCUT2D eigenvalue weighted by atomic mass is 19.1. The second-order valence-corrected chi connectivity index (χ2v) is 5.49. The summed E-state index contributed by atoms with van der Waals surface area (Å²) in [5.41, 5.74) is 0.943. The van der Waals surface area contributed by atoms with Crippen LogP contribution in [-0.2, 0) is 16.0 Å². The van der Waals surface area contributed by atoms with Gasteiger partial charge in [-0.05, 0) is 30.2 Å². The molecule has 6 nitrogen and oxygen atoms in total. The van der Waals surface area contributed by atoms with Crippen molar-refractivity contribution < 1.29 is 28.6 Å². The predicted molar refractivity (Wildman–Crippen MR) is 94.1 cm³/mol. The first-order valence-electron chi connectivity index (χ1n) is 8.03. The van der Waals surface area contributed by atoms with Crippen LogP contribution in [-0.4, -0.2) is 37.3 Å². The highest BCUT2D eigenvalue weighted by molar-refractivity contribution is 5.93. The van der Waals surface area contributed by atoms with E-state index in [-0.39, 0.29) is 36.6 Å². The Morgan fingerprint density at radius 1 is 1.15 bits per heavy atom. The lowest BCUT2D eigenvalue weighted by atomic mass is 10.0. The summed E-state index contributed by atoms with van der Waals surface area (Å²) in [6.07, 6.45) is 0.307. The largest absolute Gasteiger partial charge is 0.489 e. The summed E-state index contributed by atoms with van der Waals surface area (Å²) in [6, 6.07) is 10.3. The Bertz CT molecular complexity index is 778. The lowest BCUT2D eigenvalue weighted by Crippen LogP contribution is -2.15. The normalized spacial score (nSPS) is 10.4. The molecule has 0 atom stereocenters. The molecule has 2 N–H and O–H groups in total. The summed E-state index contributed by atoms with van der Waals surface area (Å²) in [7, 11) is 1.53. The first-order chi connectivity index (χ1) is 12.5. The molecular weight excluding hydrogens is 341 g/mol. The maximum atomic E-state index is 13.5. The molecule has 0 saturated heterocycles. The van der Waals surface area contributed by atoms with E-state index in [1.54, 1.807) is 18.2 Å². The van der Waals surface area contributed by atoms with E-state index in [1.807, 2.05) is 0 Å². The number of methoxy groups -OCH3 is 1. The third-order valence-corrected chi connectivity index (χ3v) is 3.63. The van der Waals surface area contributed by atoms with Crippen molar-refractivity contribution in [3.8, 4) is 5.75 Å². The van der Waals surface area contributed by atoms with Crippen LogP contribution in [0.5, 0.6) is 5.75 Å². The molecule has 0 fully saturated rings. The van der Waals surface area contributed by atoms with Gasteiger partial charge in [0, 0.05) is 19.6 Å². The maximum absolute atomic E-state index is 13.5. The number of carbonyl (C=O) groups is 2. The Morgan fingerprint density at radius 2 is 1.92 bits per heavy atom. The second-order valence-electron chi connectivity index (χ2n) is 5.49. The van der Waals surface area contributed by atoms with Crippen molar-refractivity contribution in [2.45, 2.75) is 12.8 Å². The molecule has 0 aliphatic heterocycles. The standard InChI is InChI=1S/C19H20FNO5/c1-25-10-11-26-17-8-7-14(20)12-16(17)21-18(22)9-6-13-4-2-3-5-15(13)19(23)24/h2-5,7-8,12H,6,9-11H2,1H3,(H,21,22)(H,23,24). The average Bonchev–Trinajstić information content (AvgIpc) is 2.62. The van der Waals surface area contributed by atoms with Crippen LogP contribution in [0.25, 0.3) is 0 Å². The maximum Gasteiger partial charge on any atom is 0.335 e. The molecule has 2 rings (SSSR count). The van der Waals surface area contributed by atoms with Crippen LogP contribution >= 0.6 is 0 Å². The van der Waals surface area contributed by atoms with E-state index < -0.39 is 11.8 Å². The van der Waals surface area contributed by atoms with Crippen LogP contribution < -0.4 is 10.1 Å². The number of halogens is 1. The van der Waals surface area contributed by atoms with Crippen molar-refractivity contribution in [1.29, 1.82) is 0 Å². The summed E-state index contributed by atoms with van der Waals surface area (Å²) in [6.45, 7) is 0.619. The van der Waals surface area contributed by atoms with Crippen LogP contribution in [0.4, 0.5) is 10.1 Å². The molecule has 0 spiro atoms. The summed E-state index contributed by atoms with van der Waals surface area (Å²) >= 11 is 0. The van der Waals surface area contributed by atoms with Crippen LogP contribution in [0.3, 0.4) is 0 Å².